The van der Waals surface area contributed by atoms with E-state index in [1.165, 1.54) is 7.11 Å². The predicted octanol–water partition coefficient (Wildman–Crippen LogP) is 3.03. The zero-order valence-electron chi connectivity index (χ0n) is 8.43. The number of nitrogens with one attached hydrogen (secondary N) is 1. The molecule has 1 aromatic carbocycles. The minimum absolute atomic E-state index is 0.325. The van der Waals surface area contributed by atoms with Crippen LogP contribution >= 0.6 is 15.9 Å². The zero-order valence-corrected chi connectivity index (χ0v) is 10.0. The number of hydrogen-bond acceptors (Lipinski definition) is 2. The number of benzene rings is 1. The summed E-state index contributed by atoms with van der Waals surface area (Å²) in [6.45, 7) is 1.99. The van der Waals surface area contributed by atoms with Crippen molar-refractivity contribution in [2.75, 3.05) is 7.11 Å². The summed E-state index contributed by atoms with van der Waals surface area (Å²) in [6, 6.07) is 3.60. The number of aromatic nitrogens is 1. The van der Waals surface area contributed by atoms with Crippen LogP contribution in [0.15, 0.2) is 22.8 Å². The molecule has 1 N–H and O–H groups in total. The summed E-state index contributed by atoms with van der Waals surface area (Å²) in [7, 11) is 1.38. The van der Waals surface area contributed by atoms with Crippen LogP contribution in [0.3, 0.4) is 0 Å². The van der Waals surface area contributed by atoms with Gasteiger partial charge in [0, 0.05) is 16.1 Å². The van der Waals surface area contributed by atoms with Gasteiger partial charge in [0.05, 0.1) is 18.2 Å². The van der Waals surface area contributed by atoms with Gasteiger partial charge < -0.3 is 9.72 Å². The molecule has 2 aromatic rings. The summed E-state index contributed by atoms with van der Waals surface area (Å²) in [5.41, 5.74) is 2.47. The van der Waals surface area contributed by atoms with Gasteiger partial charge >= 0.3 is 5.97 Å². The highest BCUT2D eigenvalue weighted by molar-refractivity contribution is 9.10. The molecule has 0 saturated carbocycles. The molecule has 2 rings (SSSR count). The van der Waals surface area contributed by atoms with Crippen LogP contribution < -0.4 is 0 Å². The van der Waals surface area contributed by atoms with Crippen LogP contribution in [0.1, 0.15) is 15.9 Å². The van der Waals surface area contributed by atoms with Gasteiger partial charge in [-0.15, -0.1) is 0 Å². The van der Waals surface area contributed by atoms with Crippen LogP contribution in [0.5, 0.6) is 0 Å². The first-order valence-corrected chi connectivity index (χ1v) is 5.29. The maximum absolute atomic E-state index is 11.5. The Labute approximate surface area is 95.6 Å². The number of aryl methyl sites for hydroxylation is 1. The van der Waals surface area contributed by atoms with Crippen molar-refractivity contribution in [1.82, 2.24) is 4.98 Å². The number of halogens is 1. The molecular formula is C11H10BrNO2. The number of ether oxygens (including phenoxy) is 1. The van der Waals surface area contributed by atoms with Crippen molar-refractivity contribution in [1.29, 1.82) is 0 Å². The summed E-state index contributed by atoms with van der Waals surface area (Å²) in [5.74, 6) is -0.325. The van der Waals surface area contributed by atoms with E-state index in [2.05, 4.69) is 20.9 Å². The number of aromatic amines is 1. The summed E-state index contributed by atoms with van der Waals surface area (Å²) < 4.78 is 5.70. The van der Waals surface area contributed by atoms with Crippen molar-refractivity contribution in [3.05, 3.63) is 33.9 Å². The van der Waals surface area contributed by atoms with Gasteiger partial charge in [0.1, 0.15) is 0 Å². The van der Waals surface area contributed by atoms with Crippen LogP contribution in [-0.4, -0.2) is 18.1 Å². The third-order valence-corrected chi connectivity index (χ3v) is 3.05. The Balaban J connectivity index is 2.78. The Bertz CT molecular complexity index is 531. The molecule has 0 fully saturated rings. The minimum Gasteiger partial charge on any atom is -0.465 e. The number of fused-ring (bicyclic) bond motifs is 1. The first kappa shape index (κ1) is 10.2. The number of carbonyl (C=O) groups excluding carboxylic acids is 1. The fourth-order valence-electron chi connectivity index (χ4n) is 1.65. The normalized spacial score (nSPS) is 10.6. The first-order chi connectivity index (χ1) is 7.15. The SMILES string of the molecule is COC(=O)c1ccc(Br)c2c(C)c[nH]c12. The van der Waals surface area contributed by atoms with Crippen molar-refractivity contribution in [2.45, 2.75) is 6.92 Å². The second-order valence-corrected chi connectivity index (χ2v) is 4.16. The highest BCUT2D eigenvalue weighted by Gasteiger charge is 2.14. The molecule has 0 atom stereocenters. The van der Waals surface area contributed by atoms with Crippen LogP contribution in [0.4, 0.5) is 0 Å². The van der Waals surface area contributed by atoms with E-state index in [9.17, 15) is 4.79 Å². The number of carbonyl (C=O) groups is 1. The molecule has 1 aromatic heterocycles. The topological polar surface area (TPSA) is 42.1 Å². The quantitative estimate of drug-likeness (QED) is 0.808. The predicted molar refractivity (Wildman–Crippen MR) is 62.1 cm³/mol. The molecule has 3 nitrogen and oxygen atoms in total. The fourth-order valence-corrected chi connectivity index (χ4v) is 2.29. The van der Waals surface area contributed by atoms with Gasteiger partial charge in [-0.3, -0.25) is 0 Å². The Kier molecular flexibility index (Phi) is 2.52. The van der Waals surface area contributed by atoms with E-state index in [0.29, 0.717) is 5.56 Å². The van der Waals surface area contributed by atoms with Crippen molar-refractivity contribution in [2.24, 2.45) is 0 Å². The average molecular weight is 268 g/mol. The Morgan fingerprint density at radius 2 is 2.20 bits per heavy atom. The van der Waals surface area contributed by atoms with Gasteiger partial charge in [-0.05, 0) is 24.6 Å². The van der Waals surface area contributed by atoms with E-state index in [0.717, 1.165) is 20.9 Å². The van der Waals surface area contributed by atoms with Gasteiger partial charge in [-0.2, -0.15) is 0 Å². The molecule has 0 unspecified atom stereocenters. The van der Waals surface area contributed by atoms with Crippen molar-refractivity contribution < 1.29 is 9.53 Å². The standard InChI is InChI=1S/C11H10BrNO2/c1-6-5-13-10-7(11(14)15-2)3-4-8(12)9(6)10/h3-5,13H,1-2H3. The highest BCUT2D eigenvalue weighted by atomic mass is 79.9. The second-order valence-electron chi connectivity index (χ2n) is 3.31. The molecule has 0 aliphatic rings. The smallest absolute Gasteiger partial charge is 0.339 e. The molecule has 0 aliphatic carbocycles. The number of rotatable bonds is 1. The molecule has 0 aliphatic heterocycles. The Morgan fingerprint density at radius 3 is 2.87 bits per heavy atom. The van der Waals surface area contributed by atoms with E-state index in [-0.39, 0.29) is 5.97 Å². The molecular weight excluding hydrogens is 258 g/mol. The lowest BCUT2D eigenvalue weighted by molar-refractivity contribution is 0.0603. The summed E-state index contributed by atoms with van der Waals surface area (Å²) in [4.78, 5) is 14.6. The van der Waals surface area contributed by atoms with E-state index >= 15 is 0 Å². The molecule has 15 heavy (non-hydrogen) atoms. The zero-order chi connectivity index (χ0) is 11.0. The first-order valence-electron chi connectivity index (χ1n) is 4.49. The van der Waals surface area contributed by atoms with E-state index in [1.807, 2.05) is 19.2 Å². The third kappa shape index (κ3) is 1.55. The van der Waals surface area contributed by atoms with Gasteiger partial charge in [-0.25, -0.2) is 4.79 Å². The number of esters is 1. The molecule has 0 radical (unpaired) electrons. The van der Waals surface area contributed by atoms with Crippen LogP contribution in [0.2, 0.25) is 0 Å². The number of H-pyrrole nitrogens is 1. The molecule has 0 spiro atoms. The number of hydrogen-bond donors (Lipinski definition) is 1. The molecule has 0 saturated heterocycles. The van der Waals surface area contributed by atoms with Gasteiger partial charge in [0.15, 0.2) is 0 Å². The van der Waals surface area contributed by atoms with Crippen molar-refractivity contribution in [3.63, 3.8) is 0 Å². The largest absolute Gasteiger partial charge is 0.465 e. The lowest BCUT2D eigenvalue weighted by Crippen LogP contribution is -2.01. The number of methoxy groups -OCH3 is 1. The summed E-state index contributed by atoms with van der Waals surface area (Å²) in [5, 5.41) is 1.03. The monoisotopic (exact) mass is 267 g/mol. The van der Waals surface area contributed by atoms with Gasteiger partial charge in [0.25, 0.3) is 0 Å². The van der Waals surface area contributed by atoms with Crippen LogP contribution in [0, 0.1) is 6.92 Å². The maximum Gasteiger partial charge on any atom is 0.339 e. The molecule has 0 amide bonds. The Hall–Kier alpha value is -1.29. The van der Waals surface area contributed by atoms with Crippen LogP contribution in [0.25, 0.3) is 10.9 Å². The van der Waals surface area contributed by atoms with Gasteiger partial charge in [-0.1, -0.05) is 15.9 Å². The minimum atomic E-state index is -0.325. The maximum atomic E-state index is 11.5. The van der Waals surface area contributed by atoms with E-state index < -0.39 is 0 Å². The fraction of sp³-hybridized carbons (Fsp3) is 0.182. The Morgan fingerprint density at radius 1 is 1.47 bits per heavy atom. The molecule has 78 valence electrons. The lowest BCUT2D eigenvalue weighted by Gasteiger charge is -2.03. The van der Waals surface area contributed by atoms with E-state index in [1.54, 1.807) is 6.07 Å². The lowest BCUT2D eigenvalue weighted by atomic mass is 10.1. The summed E-state index contributed by atoms with van der Waals surface area (Å²) in [6.07, 6.45) is 1.88. The van der Waals surface area contributed by atoms with E-state index in [4.69, 9.17) is 4.74 Å². The van der Waals surface area contributed by atoms with Crippen LogP contribution in [-0.2, 0) is 4.74 Å². The molecule has 4 heteroatoms. The second kappa shape index (κ2) is 3.70. The molecule has 1 heterocycles. The third-order valence-electron chi connectivity index (χ3n) is 2.39. The highest BCUT2D eigenvalue weighted by Crippen LogP contribution is 2.29. The summed E-state index contributed by atoms with van der Waals surface area (Å²) >= 11 is 3.46. The van der Waals surface area contributed by atoms with Crippen molar-refractivity contribution >= 4 is 32.8 Å². The van der Waals surface area contributed by atoms with Gasteiger partial charge in [0.2, 0.25) is 0 Å². The average Bonchev–Trinajstić information content (AvgIpc) is 2.61. The van der Waals surface area contributed by atoms with Crippen molar-refractivity contribution in [3.8, 4) is 0 Å². The molecule has 0 bridgehead atoms.